The molecule has 0 spiro atoms. The molecule has 6 atom stereocenters. The van der Waals surface area contributed by atoms with E-state index in [1.807, 2.05) is 6.07 Å². The van der Waals surface area contributed by atoms with Crippen molar-refractivity contribution in [3.05, 3.63) is 65.7 Å². The van der Waals surface area contributed by atoms with Gasteiger partial charge in [-0.3, -0.25) is 24.0 Å². The fourth-order valence-corrected chi connectivity index (χ4v) is 6.13. The first kappa shape index (κ1) is 36.8. The number of benzene rings is 2. The average Bonchev–Trinajstić information content (AvgIpc) is 3.78. The number of nitrogens with two attached hydrogens (primary N) is 1. The Labute approximate surface area is 283 Å². The van der Waals surface area contributed by atoms with Gasteiger partial charge in [0.2, 0.25) is 29.5 Å². The molecule has 2 aromatic rings. The second kappa shape index (κ2) is 16.9. The Hall–Kier alpha value is -5.02. The summed E-state index contributed by atoms with van der Waals surface area (Å²) in [7, 11) is 0. The number of phenolic OH excluding ortho intramolecular Hbond substituents is 1. The highest BCUT2D eigenvalue weighted by molar-refractivity contribution is 5.96. The van der Waals surface area contributed by atoms with E-state index in [9.17, 15) is 44.1 Å². The summed E-state index contributed by atoms with van der Waals surface area (Å²) in [5, 5.41) is 36.7. The minimum atomic E-state index is -1.26. The Morgan fingerprint density at radius 1 is 0.816 bits per heavy atom. The summed E-state index contributed by atoms with van der Waals surface area (Å²) in [6.45, 7) is 1.25. The maximum absolute atomic E-state index is 14.0. The molecule has 5 amide bonds. The molecule has 4 rings (SSSR count). The summed E-state index contributed by atoms with van der Waals surface area (Å²) in [4.78, 5) is 81.2. The predicted octanol–water partition coefficient (Wildman–Crippen LogP) is -0.962. The topological polar surface area (TPSA) is 232 Å². The van der Waals surface area contributed by atoms with E-state index in [1.165, 1.54) is 28.9 Å². The van der Waals surface area contributed by atoms with Crippen LogP contribution in [0.3, 0.4) is 0 Å². The molecule has 0 radical (unpaired) electrons. The van der Waals surface area contributed by atoms with Gasteiger partial charge in [-0.25, -0.2) is 4.79 Å². The van der Waals surface area contributed by atoms with Crippen molar-refractivity contribution in [1.29, 1.82) is 0 Å². The van der Waals surface area contributed by atoms with Crippen LogP contribution in [0, 0.1) is 0 Å². The summed E-state index contributed by atoms with van der Waals surface area (Å²) in [5.41, 5.74) is 6.98. The van der Waals surface area contributed by atoms with Crippen molar-refractivity contribution in [3.8, 4) is 5.75 Å². The number of nitrogens with one attached hydrogen (secondary N) is 3. The van der Waals surface area contributed by atoms with E-state index in [0.29, 0.717) is 31.2 Å². The maximum Gasteiger partial charge on any atom is 0.326 e. The lowest BCUT2D eigenvalue weighted by Gasteiger charge is -2.31. The molecule has 15 nitrogen and oxygen atoms in total. The van der Waals surface area contributed by atoms with Crippen molar-refractivity contribution in [3.63, 3.8) is 0 Å². The van der Waals surface area contributed by atoms with Crippen molar-refractivity contribution in [2.45, 2.75) is 81.8 Å². The van der Waals surface area contributed by atoms with Crippen LogP contribution >= 0.6 is 0 Å². The molecule has 2 saturated heterocycles. The van der Waals surface area contributed by atoms with Gasteiger partial charge in [-0.05, 0) is 55.9 Å². The zero-order valence-corrected chi connectivity index (χ0v) is 27.3. The second-order valence-electron chi connectivity index (χ2n) is 12.4. The van der Waals surface area contributed by atoms with Crippen LogP contribution in [0.1, 0.15) is 43.7 Å². The number of aromatic hydroxyl groups is 1. The van der Waals surface area contributed by atoms with Crippen LogP contribution in [0.4, 0.5) is 0 Å². The van der Waals surface area contributed by atoms with Crippen LogP contribution in [0.15, 0.2) is 54.6 Å². The van der Waals surface area contributed by atoms with Gasteiger partial charge in [0.25, 0.3) is 0 Å². The molecular formula is C34H44N6O9. The second-order valence-corrected chi connectivity index (χ2v) is 12.4. The largest absolute Gasteiger partial charge is 0.508 e. The van der Waals surface area contributed by atoms with E-state index in [4.69, 9.17) is 5.73 Å². The quantitative estimate of drug-likeness (QED) is 0.129. The zero-order chi connectivity index (χ0) is 35.7. The number of aliphatic carboxylic acids is 1. The Kier molecular flexibility index (Phi) is 12.7. The molecule has 0 saturated carbocycles. The van der Waals surface area contributed by atoms with E-state index in [2.05, 4.69) is 16.0 Å². The SMILES string of the molecule is C[C@@H](O)[C@H](N)C(=O)NCC(=O)N[C@@H](Cc1ccc(O)cc1)C(=O)N1CCC[C@H]1C(=O)N[C@@H](Cc1ccccc1)C(=O)N1CCC[C@H]1C(=O)O. The van der Waals surface area contributed by atoms with Crippen molar-refractivity contribution in [2.75, 3.05) is 19.6 Å². The number of amides is 5. The van der Waals surface area contributed by atoms with Gasteiger partial charge in [0.1, 0.15) is 36.0 Å². The zero-order valence-electron chi connectivity index (χ0n) is 27.3. The Morgan fingerprint density at radius 3 is 1.92 bits per heavy atom. The number of carbonyl (C=O) groups excluding carboxylic acids is 5. The Morgan fingerprint density at radius 2 is 1.35 bits per heavy atom. The molecule has 2 heterocycles. The highest BCUT2D eigenvalue weighted by Gasteiger charge is 2.41. The lowest BCUT2D eigenvalue weighted by atomic mass is 10.0. The molecule has 49 heavy (non-hydrogen) atoms. The Balaban J connectivity index is 1.52. The molecule has 15 heteroatoms. The minimum Gasteiger partial charge on any atom is -0.508 e. The van der Waals surface area contributed by atoms with Gasteiger partial charge < -0.3 is 46.8 Å². The number of aliphatic hydroxyl groups is 1. The molecule has 0 aromatic heterocycles. The minimum absolute atomic E-state index is 0.00250. The molecule has 2 aromatic carbocycles. The number of likely N-dealkylation sites (tertiary alicyclic amines) is 2. The number of hydrogen-bond acceptors (Lipinski definition) is 9. The van der Waals surface area contributed by atoms with Gasteiger partial charge in [0, 0.05) is 25.9 Å². The summed E-state index contributed by atoms with van der Waals surface area (Å²) in [5.74, 6) is -4.25. The first-order valence-corrected chi connectivity index (χ1v) is 16.3. The van der Waals surface area contributed by atoms with Crippen LogP contribution in [-0.2, 0) is 41.6 Å². The average molecular weight is 681 g/mol. The molecule has 2 fully saturated rings. The summed E-state index contributed by atoms with van der Waals surface area (Å²) in [6, 6.07) is 9.54. The third-order valence-electron chi connectivity index (χ3n) is 8.81. The Bertz CT molecular complexity index is 1500. The van der Waals surface area contributed by atoms with Gasteiger partial charge in [0.05, 0.1) is 12.6 Å². The van der Waals surface area contributed by atoms with Gasteiger partial charge in [-0.1, -0.05) is 42.5 Å². The molecule has 2 aliphatic rings. The lowest BCUT2D eigenvalue weighted by molar-refractivity contribution is -0.149. The lowest BCUT2D eigenvalue weighted by Crippen LogP contribution is -2.58. The monoisotopic (exact) mass is 680 g/mol. The summed E-state index contributed by atoms with van der Waals surface area (Å²) >= 11 is 0. The molecule has 264 valence electrons. The summed E-state index contributed by atoms with van der Waals surface area (Å²) in [6.07, 6.45) is 0.547. The van der Waals surface area contributed by atoms with Crippen LogP contribution in [-0.4, -0.2) is 117 Å². The van der Waals surface area contributed by atoms with Crippen molar-refractivity contribution in [1.82, 2.24) is 25.8 Å². The first-order valence-electron chi connectivity index (χ1n) is 16.3. The van der Waals surface area contributed by atoms with Crippen molar-refractivity contribution >= 4 is 35.5 Å². The molecule has 0 bridgehead atoms. The van der Waals surface area contributed by atoms with E-state index in [0.717, 1.165) is 5.56 Å². The number of carboxylic acids is 1. The molecule has 8 N–H and O–H groups in total. The fraction of sp³-hybridized carbons (Fsp3) is 0.471. The highest BCUT2D eigenvalue weighted by atomic mass is 16.4. The molecule has 2 aliphatic heterocycles. The fourth-order valence-electron chi connectivity index (χ4n) is 6.13. The van der Waals surface area contributed by atoms with Crippen LogP contribution in [0.5, 0.6) is 5.75 Å². The van der Waals surface area contributed by atoms with Gasteiger partial charge in [0.15, 0.2) is 0 Å². The van der Waals surface area contributed by atoms with Gasteiger partial charge in [-0.15, -0.1) is 0 Å². The third-order valence-corrected chi connectivity index (χ3v) is 8.81. The number of phenols is 1. The summed E-state index contributed by atoms with van der Waals surface area (Å²) < 4.78 is 0. The number of rotatable bonds is 14. The number of hydrogen-bond donors (Lipinski definition) is 7. The predicted molar refractivity (Wildman–Crippen MR) is 176 cm³/mol. The van der Waals surface area contributed by atoms with E-state index >= 15 is 0 Å². The number of aliphatic hydroxyl groups excluding tert-OH is 1. The van der Waals surface area contributed by atoms with Gasteiger partial charge in [-0.2, -0.15) is 0 Å². The van der Waals surface area contributed by atoms with E-state index in [1.54, 1.807) is 36.4 Å². The standard InChI is InChI=1S/C34H44N6O9/c1-20(41)29(35)31(45)36-19-28(43)37-24(18-22-11-13-23(42)14-12-22)32(46)39-15-5-9-26(39)30(44)38-25(17-21-7-3-2-4-8-21)33(47)40-16-6-10-27(40)34(48)49/h2-4,7-8,11-14,20,24-27,29,41-42H,5-6,9-10,15-19,35H2,1H3,(H,36,45)(H,37,43)(H,38,44)(H,48,49)/t20-,24+,25+,26+,27+,29+/m1/s1. The smallest absolute Gasteiger partial charge is 0.326 e. The number of carboxylic acid groups (broad SMARTS) is 1. The van der Waals surface area contributed by atoms with E-state index in [-0.39, 0.29) is 31.7 Å². The first-order chi connectivity index (χ1) is 23.3. The van der Waals surface area contributed by atoms with Gasteiger partial charge >= 0.3 is 5.97 Å². The molecular weight excluding hydrogens is 636 g/mol. The van der Waals surface area contributed by atoms with Crippen LogP contribution in [0.25, 0.3) is 0 Å². The maximum atomic E-state index is 14.0. The molecule has 0 aliphatic carbocycles. The number of carbonyl (C=O) groups is 6. The van der Waals surface area contributed by atoms with Crippen LogP contribution < -0.4 is 21.7 Å². The highest BCUT2D eigenvalue weighted by Crippen LogP contribution is 2.23. The third kappa shape index (κ3) is 9.76. The van der Waals surface area contributed by atoms with E-state index < -0.39 is 78.4 Å². The van der Waals surface area contributed by atoms with Crippen molar-refractivity contribution < 1.29 is 44.1 Å². The molecule has 0 unspecified atom stereocenters. The number of nitrogens with zero attached hydrogens (tertiary/aromatic N) is 2. The normalized spacial score (nSPS) is 19.7. The van der Waals surface area contributed by atoms with Crippen molar-refractivity contribution in [2.24, 2.45) is 5.73 Å². The van der Waals surface area contributed by atoms with Crippen LogP contribution in [0.2, 0.25) is 0 Å².